The summed E-state index contributed by atoms with van der Waals surface area (Å²) < 4.78 is 56.5. The Kier molecular flexibility index (Phi) is 4.15. The van der Waals surface area contributed by atoms with Gasteiger partial charge < -0.3 is 9.84 Å². The predicted octanol–water partition coefficient (Wildman–Crippen LogP) is 2.41. The van der Waals surface area contributed by atoms with E-state index in [0.29, 0.717) is 12.1 Å². The number of hydrogen-bond donors (Lipinski definition) is 1. The normalized spacial score (nSPS) is 11.4. The van der Waals surface area contributed by atoms with E-state index in [-0.39, 0.29) is 6.61 Å². The van der Waals surface area contributed by atoms with E-state index in [1.807, 2.05) is 0 Å². The van der Waals surface area contributed by atoms with Gasteiger partial charge >= 0.3 is 11.9 Å². The smallest absolute Gasteiger partial charge is 0.377 e. The second-order valence-corrected chi connectivity index (χ2v) is 3.51. The number of esters is 1. The molecule has 0 bridgehead atoms. The third-order valence-electron chi connectivity index (χ3n) is 2.08. The summed E-state index contributed by atoms with van der Waals surface area (Å²) in [6.45, 7) is 1.13. The number of benzene rings is 1. The molecule has 0 radical (unpaired) electrons. The van der Waals surface area contributed by atoms with E-state index in [1.54, 1.807) is 0 Å². The summed E-state index contributed by atoms with van der Waals surface area (Å²) in [5, 5.41) is 8.79. The number of phenolic OH excluding ortho intramolecular Hbond substituents is 1. The summed E-state index contributed by atoms with van der Waals surface area (Å²) in [6.07, 6.45) is -1.21. The minimum absolute atomic E-state index is 0.229. The number of rotatable bonds is 4. The van der Waals surface area contributed by atoms with Crippen LogP contribution < -0.4 is 0 Å². The van der Waals surface area contributed by atoms with Gasteiger partial charge in [-0.15, -0.1) is 0 Å². The van der Waals surface area contributed by atoms with Crippen molar-refractivity contribution in [3.63, 3.8) is 0 Å². The number of ether oxygens (including phenoxy) is 1. The second kappa shape index (κ2) is 5.24. The van der Waals surface area contributed by atoms with E-state index >= 15 is 0 Å². The molecule has 0 spiro atoms. The zero-order chi connectivity index (χ0) is 13.9. The topological polar surface area (TPSA) is 46.5 Å². The fourth-order valence-corrected chi connectivity index (χ4v) is 1.29. The average Bonchev–Trinajstić information content (AvgIpc) is 2.25. The van der Waals surface area contributed by atoms with Crippen molar-refractivity contribution in [2.24, 2.45) is 0 Å². The van der Waals surface area contributed by atoms with E-state index < -0.39 is 41.3 Å². The van der Waals surface area contributed by atoms with Crippen LogP contribution in [0.4, 0.5) is 17.6 Å². The molecule has 0 aromatic heterocycles. The Labute approximate surface area is 100.0 Å². The largest absolute Gasteiger partial charge is 0.503 e. The third-order valence-corrected chi connectivity index (χ3v) is 2.08. The maximum Gasteiger partial charge on any atom is 0.377 e. The van der Waals surface area contributed by atoms with Crippen LogP contribution in [-0.4, -0.2) is 23.6 Å². The summed E-state index contributed by atoms with van der Waals surface area (Å²) in [6, 6.07) is 1.07. The highest BCUT2D eigenvalue weighted by molar-refractivity contribution is 5.77. The lowest BCUT2D eigenvalue weighted by atomic mass is 10.1. The fraction of sp³-hybridized carbons (Fsp3) is 0.364. The molecular formula is C11H10F4O3. The molecule has 0 amide bonds. The van der Waals surface area contributed by atoms with Crippen molar-refractivity contribution in [3.05, 3.63) is 29.3 Å². The van der Waals surface area contributed by atoms with Gasteiger partial charge in [0, 0.05) is 6.42 Å². The minimum Gasteiger partial charge on any atom is -0.503 e. The molecule has 100 valence electrons. The Morgan fingerprint density at radius 1 is 1.33 bits per heavy atom. The van der Waals surface area contributed by atoms with Crippen molar-refractivity contribution in [1.82, 2.24) is 0 Å². The molecule has 0 aliphatic rings. The quantitative estimate of drug-likeness (QED) is 0.672. The van der Waals surface area contributed by atoms with Gasteiger partial charge in [0.25, 0.3) is 0 Å². The summed E-state index contributed by atoms with van der Waals surface area (Å²) in [4.78, 5) is 10.9. The number of phenols is 1. The van der Waals surface area contributed by atoms with Gasteiger partial charge in [0.15, 0.2) is 17.4 Å². The van der Waals surface area contributed by atoms with E-state index in [1.165, 1.54) is 6.92 Å². The molecule has 0 heterocycles. The van der Waals surface area contributed by atoms with Gasteiger partial charge in [-0.3, -0.25) is 0 Å². The van der Waals surface area contributed by atoms with Gasteiger partial charge in [-0.1, -0.05) is 0 Å². The average molecular weight is 266 g/mol. The van der Waals surface area contributed by atoms with Crippen LogP contribution >= 0.6 is 0 Å². The molecule has 18 heavy (non-hydrogen) atoms. The highest BCUT2D eigenvalue weighted by atomic mass is 19.3. The predicted molar refractivity (Wildman–Crippen MR) is 53.3 cm³/mol. The van der Waals surface area contributed by atoms with Crippen LogP contribution in [0.15, 0.2) is 12.1 Å². The maximum atomic E-state index is 13.3. The van der Waals surface area contributed by atoms with Crippen LogP contribution in [0.5, 0.6) is 5.75 Å². The molecule has 0 unspecified atom stereocenters. The Hall–Kier alpha value is -1.79. The van der Waals surface area contributed by atoms with Crippen LogP contribution in [0.25, 0.3) is 0 Å². The SMILES string of the molecule is CCOC(=O)C(F)(F)Cc1cc(F)c(O)c(F)c1. The van der Waals surface area contributed by atoms with E-state index in [0.717, 1.165) is 0 Å². The second-order valence-electron chi connectivity index (χ2n) is 3.51. The lowest BCUT2D eigenvalue weighted by Crippen LogP contribution is -2.33. The van der Waals surface area contributed by atoms with E-state index in [9.17, 15) is 22.4 Å². The molecule has 0 saturated heterocycles. The third kappa shape index (κ3) is 3.12. The molecule has 1 aromatic carbocycles. The first kappa shape index (κ1) is 14.3. The van der Waals surface area contributed by atoms with Crippen molar-refractivity contribution in [2.75, 3.05) is 6.61 Å². The lowest BCUT2D eigenvalue weighted by molar-refractivity contribution is -0.171. The lowest BCUT2D eigenvalue weighted by Gasteiger charge is -2.14. The number of hydrogen-bond acceptors (Lipinski definition) is 3. The highest BCUT2D eigenvalue weighted by Gasteiger charge is 2.40. The Morgan fingerprint density at radius 2 is 1.83 bits per heavy atom. The zero-order valence-corrected chi connectivity index (χ0v) is 9.34. The number of alkyl halides is 2. The summed E-state index contributed by atoms with van der Waals surface area (Å²) in [5.74, 6) is -9.64. The Balaban J connectivity index is 2.94. The highest BCUT2D eigenvalue weighted by Crippen LogP contribution is 2.26. The molecule has 0 aliphatic heterocycles. The van der Waals surface area contributed by atoms with Crippen molar-refractivity contribution >= 4 is 5.97 Å². The molecule has 1 aromatic rings. The van der Waals surface area contributed by atoms with Crippen molar-refractivity contribution in [3.8, 4) is 5.75 Å². The molecule has 0 atom stereocenters. The number of halogens is 4. The molecular weight excluding hydrogens is 256 g/mol. The number of carbonyl (C=O) groups is 1. The molecule has 3 nitrogen and oxygen atoms in total. The molecule has 0 fully saturated rings. The first-order valence-electron chi connectivity index (χ1n) is 5.00. The Bertz CT molecular complexity index is 437. The van der Waals surface area contributed by atoms with Crippen LogP contribution in [0, 0.1) is 11.6 Å². The fourth-order valence-electron chi connectivity index (χ4n) is 1.29. The van der Waals surface area contributed by atoms with Crippen LogP contribution in [0.2, 0.25) is 0 Å². The van der Waals surface area contributed by atoms with Crippen LogP contribution in [0.1, 0.15) is 12.5 Å². The summed E-state index contributed by atoms with van der Waals surface area (Å²) >= 11 is 0. The zero-order valence-electron chi connectivity index (χ0n) is 9.34. The first-order valence-corrected chi connectivity index (χ1v) is 5.00. The molecule has 0 aliphatic carbocycles. The van der Waals surface area contributed by atoms with Gasteiger partial charge in [-0.25, -0.2) is 13.6 Å². The molecule has 1 N–H and O–H groups in total. The molecule has 7 heteroatoms. The van der Waals surface area contributed by atoms with Gasteiger partial charge in [-0.2, -0.15) is 8.78 Å². The van der Waals surface area contributed by atoms with Crippen LogP contribution in [-0.2, 0) is 16.0 Å². The van der Waals surface area contributed by atoms with Gasteiger partial charge in [0.1, 0.15) is 0 Å². The first-order chi connectivity index (χ1) is 8.27. The number of aromatic hydroxyl groups is 1. The standard InChI is InChI=1S/C11H10F4O3/c1-2-18-10(17)11(14,15)5-6-3-7(12)9(16)8(13)4-6/h3-4,16H,2,5H2,1H3. The summed E-state index contributed by atoms with van der Waals surface area (Å²) in [5.41, 5.74) is -0.458. The van der Waals surface area contributed by atoms with Crippen LogP contribution in [0.3, 0.4) is 0 Å². The monoisotopic (exact) mass is 266 g/mol. The van der Waals surface area contributed by atoms with E-state index in [4.69, 9.17) is 5.11 Å². The van der Waals surface area contributed by atoms with Crippen molar-refractivity contribution in [2.45, 2.75) is 19.3 Å². The van der Waals surface area contributed by atoms with Gasteiger partial charge in [0.2, 0.25) is 0 Å². The van der Waals surface area contributed by atoms with Crippen molar-refractivity contribution in [1.29, 1.82) is 0 Å². The van der Waals surface area contributed by atoms with Crippen molar-refractivity contribution < 1.29 is 32.2 Å². The molecule has 1 rings (SSSR count). The Morgan fingerprint density at radius 3 is 2.28 bits per heavy atom. The minimum atomic E-state index is -3.88. The van der Waals surface area contributed by atoms with Gasteiger partial charge in [-0.05, 0) is 24.6 Å². The summed E-state index contributed by atoms with van der Waals surface area (Å²) in [7, 11) is 0. The molecule has 0 saturated carbocycles. The van der Waals surface area contributed by atoms with Gasteiger partial charge in [0.05, 0.1) is 6.61 Å². The van der Waals surface area contributed by atoms with E-state index in [2.05, 4.69) is 4.74 Å². The maximum absolute atomic E-state index is 13.3. The number of carbonyl (C=O) groups excluding carboxylic acids is 1.